The zero-order chi connectivity index (χ0) is 31.6. The third kappa shape index (κ3) is 4.11. The monoisotopic (exact) mass is 618 g/mol. The second-order valence-electron chi connectivity index (χ2n) is 8.56. The zero-order valence-electron chi connectivity index (χ0n) is 19.7. The first-order valence-electron chi connectivity index (χ1n) is 10.8. The number of rotatable bonds is 5. The minimum atomic E-state index is -5.05. The number of hydrogen-bond donors (Lipinski definition) is 2. The van der Waals surface area contributed by atoms with Gasteiger partial charge in [-0.2, -0.15) is 0 Å². The van der Waals surface area contributed by atoms with Crippen LogP contribution in [0.5, 0.6) is 0 Å². The molecule has 42 heavy (non-hydrogen) atoms. The third-order valence-corrected chi connectivity index (χ3v) is 6.31. The predicted molar refractivity (Wildman–Crippen MR) is 111 cm³/mol. The molecule has 16 heteroatoms. The van der Waals surface area contributed by atoms with Crippen LogP contribution in [-0.2, 0) is 11.2 Å². The summed E-state index contributed by atoms with van der Waals surface area (Å²) in [4.78, 5) is 0. The van der Waals surface area contributed by atoms with E-state index in [1.165, 1.54) is 0 Å². The van der Waals surface area contributed by atoms with Crippen LogP contribution in [0.4, 0.5) is 61.5 Å². The lowest BCUT2D eigenvalue weighted by atomic mass is 9.65. The molecular formula is C26H8F14O2. The Balaban J connectivity index is 2.42. The van der Waals surface area contributed by atoms with Crippen molar-refractivity contribution in [3.05, 3.63) is 140 Å². The van der Waals surface area contributed by atoms with Crippen LogP contribution in [0.1, 0.15) is 22.3 Å². The van der Waals surface area contributed by atoms with Gasteiger partial charge in [-0.05, 0) is 24.3 Å². The Hall–Kier alpha value is -4.18. The Morgan fingerprint density at radius 3 is 0.833 bits per heavy atom. The molecule has 2 unspecified atom stereocenters. The minimum absolute atomic E-state index is 0.0927. The van der Waals surface area contributed by atoms with Gasteiger partial charge in [-0.3, -0.25) is 0 Å². The summed E-state index contributed by atoms with van der Waals surface area (Å²) in [5.41, 5.74) is -19.9. The van der Waals surface area contributed by atoms with E-state index in [0.29, 0.717) is 0 Å². The predicted octanol–water partition coefficient (Wildman–Crippen LogP) is 6.81. The van der Waals surface area contributed by atoms with E-state index in [2.05, 4.69) is 0 Å². The smallest absolute Gasteiger partial charge is 0.200 e. The highest BCUT2D eigenvalue weighted by Gasteiger charge is 2.62. The van der Waals surface area contributed by atoms with E-state index in [1.807, 2.05) is 0 Å². The molecule has 2 atom stereocenters. The molecule has 222 valence electrons. The van der Waals surface area contributed by atoms with E-state index in [1.54, 1.807) is 0 Å². The highest BCUT2D eigenvalue weighted by atomic mass is 19.2. The van der Waals surface area contributed by atoms with Gasteiger partial charge in [0.25, 0.3) is 0 Å². The highest BCUT2D eigenvalue weighted by molar-refractivity contribution is 5.53. The second kappa shape index (κ2) is 10.3. The molecule has 4 aromatic carbocycles. The third-order valence-electron chi connectivity index (χ3n) is 6.31. The van der Waals surface area contributed by atoms with Crippen molar-refractivity contribution in [1.29, 1.82) is 0 Å². The van der Waals surface area contributed by atoms with Gasteiger partial charge in [-0.15, -0.1) is 0 Å². The van der Waals surface area contributed by atoms with Gasteiger partial charge < -0.3 is 10.2 Å². The topological polar surface area (TPSA) is 40.5 Å². The first kappa shape index (κ1) is 30.8. The molecule has 0 aliphatic heterocycles. The lowest BCUT2D eigenvalue weighted by Gasteiger charge is -2.45. The standard InChI is InChI=1S/C26H8F14O2/c27-7-1-3-9(11(29)5-7)25(41,13-15(31)19(35)23(39)20(36)16(13)32)26(42,10-4-2-8(28)6-12(10)30)14-17(33)21(37)24(40)22(38)18(14)34/h1-6,41-42H. The summed E-state index contributed by atoms with van der Waals surface area (Å²) >= 11 is 0. The van der Waals surface area contributed by atoms with Gasteiger partial charge in [0.2, 0.25) is 11.6 Å². The van der Waals surface area contributed by atoms with E-state index < -0.39 is 115 Å². The molecule has 0 bridgehead atoms. The fourth-order valence-electron chi connectivity index (χ4n) is 4.43. The molecule has 0 aliphatic rings. The maximum atomic E-state index is 15.2. The summed E-state index contributed by atoms with van der Waals surface area (Å²) < 4.78 is 204. The van der Waals surface area contributed by atoms with E-state index in [4.69, 9.17) is 0 Å². The number of hydrogen-bond acceptors (Lipinski definition) is 2. The maximum absolute atomic E-state index is 15.2. The van der Waals surface area contributed by atoms with Crippen LogP contribution in [0, 0.1) is 81.4 Å². The van der Waals surface area contributed by atoms with Crippen LogP contribution in [0.15, 0.2) is 36.4 Å². The average Bonchev–Trinajstić information content (AvgIpc) is 2.92. The first-order valence-corrected chi connectivity index (χ1v) is 10.8. The number of halogens is 14. The van der Waals surface area contributed by atoms with Crippen LogP contribution in [0.2, 0.25) is 0 Å². The fourth-order valence-corrected chi connectivity index (χ4v) is 4.43. The normalized spacial score (nSPS) is 14.6. The Kier molecular flexibility index (Phi) is 7.53. The Labute approximate surface area is 223 Å². The molecule has 2 N–H and O–H groups in total. The lowest BCUT2D eigenvalue weighted by molar-refractivity contribution is -0.124. The summed E-state index contributed by atoms with van der Waals surface area (Å²) in [5.74, 6) is -38.3. The van der Waals surface area contributed by atoms with Crippen LogP contribution in [-0.4, -0.2) is 10.2 Å². The molecule has 0 fully saturated rings. The van der Waals surface area contributed by atoms with Crippen LogP contribution < -0.4 is 0 Å². The van der Waals surface area contributed by atoms with Gasteiger partial charge in [0.1, 0.15) is 23.3 Å². The van der Waals surface area contributed by atoms with Crippen LogP contribution in [0.3, 0.4) is 0 Å². The summed E-state index contributed by atoms with van der Waals surface area (Å²) in [7, 11) is 0. The van der Waals surface area contributed by atoms with Crippen molar-refractivity contribution in [2.45, 2.75) is 11.2 Å². The van der Waals surface area contributed by atoms with E-state index in [0.717, 1.165) is 0 Å². The molecule has 0 aliphatic carbocycles. The largest absolute Gasteiger partial charge is 0.376 e. The molecule has 2 nitrogen and oxygen atoms in total. The molecule has 0 amide bonds. The van der Waals surface area contributed by atoms with Gasteiger partial charge in [0.15, 0.2) is 57.7 Å². The van der Waals surface area contributed by atoms with E-state index in [-0.39, 0.29) is 36.4 Å². The summed E-state index contributed by atoms with van der Waals surface area (Å²) in [6.07, 6.45) is 0. The molecule has 0 spiro atoms. The lowest BCUT2D eigenvalue weighted by Crippen LogP contribution is -2.54. The molecule has 4 aromatic rings. The molecule has 0 heterocycles. The van der Waals surface area contributed by atoms with Crippen molar-refractivity contribution >= 4 is 0 Å². The summed E-state index contributed by atoms with van der Waals surface area (Å²) in [5, 5.41) is 23.5. The Morgan fingerprint density at radius 2 is 0.595 bits per heavy atom. The first-order chi connectivity index (χ1) is 19.4. The highest BCUT2D eigenvalue weighted by Crippen LogP contribution is 2.54. The quantitative estimate of drug-likeness (QED) is 0.147. The van der Waals surface area contributed by atoms with Crippen molar-refractivity contribution in [1.82, 2.24) is 0 Å². The molecule has 0 aromatic heterocycles. The van der Waals surface area contributed by atoms with E-state index in [9.17, 15) is 45.3 Å². The van der Waals surface area contributed by atoms with Crippen molar-refractivity contribution in [3.8, 4) is 0 Å². The van der Waals surface area contributed by atoms with Gasteiger partial charge in [-0.25, -0.2) is 61.5 Å². The van der Waals surface area contributed by atoms with Crippen LogP contribution in [0.25, 0.3) is 0 Å². The Bertz CT molecular complexity index is 1590. The van der Waals surface area contributed by atoms with Gasteiger partial charge >= 0.3 is 0 Å². The molecule has 0 saturated carbocycles. The van der Waals surface area contributed by atoms with Gasteiger partial charge in [-0.1, -0.05) is 0 Å². The van der Waals surface area contributed by atoms with Crippen molar-refractivity contribution in [2.24, 2.45) is 0 Å². The van der Waals surface area contributed by atoms with Gasteiger partial charge in [0, 0.05) is 23.3 Å². The van der Waals surface area contributed by atoms with Crippen molar-refractivity contribution < 1.29 is 71.7 Å². The molecule has 0 saturated heterocycles. The molecular weight excluding hydrogens is 610 g/mol. The van der Waals surface area contributed by atoms with Crippen molar-refractivity contribution in [3.63, 3.8) is 0 Å². The maximum Gasteiger partial charge on any atom is 0.200 e. The SMILES string of the molecule is OC(c1ccc(F)cc1F)(c1c(F)c(F)c(F)c(F)c1F)C(O)(c1ccc(F)cc1F)c1c(F)c(F)c(F)c(F)c1F. The molecule has 4 rings (SSSR count). The van der Waals surface area contributed by atoms with Crippen molar-refractivity contribution in [2.75, 3.05) is 0 Å². The second-order valence-corrected chi connectivity index (χ2v) is 8.56. The molecule has 0 radical (unpaired) electrons. The number of aliphatic hydroxyl groups is 2. The van der Waals surface area contributed by atoms with Gasteiger partial charge in [0.05, 0.1) is 11.1 Å². The summed E-state index contributed by atoms with van der Waals surface area (Å²) in [6.45, 7) is 0. The number of benzene rings is 4. The zero-order valence-corrected chi connectivity index (χ0v) is 19.7. The fraction of sp³-hybridized carbons (Fsp3) is 0.0769. The Morgan fingerprint density at radius 1 is 0.357 bits per heavy atom. The summed E-state index contributed by atoms with van der Waals surface area (Å²) in [6, 6.07) is -0.550. The van der Waals surface area contributed by atoms with E-state index >= 15 is 26.3 Å². The van der Waals surface area contributed by atoms with Crippen LogP contribution >= 0.6 is 0 Å². The minimum Gasteiger partial charge on any atom is -0.376 e. The average molecular weight is 618 g/mol.